The number of anilines is 3. The molecule has 208 valence electrons. The van der Waals surface area contributed by atoms with E-state index in [4.69, 9.17) is 15.2 Å². The highest BCUT2D eigenvalue weighted by atomic mass is 19.1. The quantitative estimate of drug-likeness (QED) is 0.219. The van der Waals surface area contributed by atoms with Crippen molar-refractivity contribution in [2.75, 3.05) is 24.1 Å². The van der Waals surface area contributed by atoms with Gasteiger partial charge in [0.05, 0.1) is 17.4 Å². The number of carbonyl (C=O) groups excluding carboxylic acids is 1. The number of rotatable bonds is 7. The van der Waals surface area contributed by atoms with E-state index in [2.05, 4.69) is 25.5 Å². The van der Waals surface area contributed by atoms with E-state index < -0.39 is 5.82 Å². The minimum Gasteiger partial charge on any atom is -0.454 e. The lowest BCUT2D eigenvalue weighted by molar-refractivity contribution is 0.0856. The lowest BCUT2D eigenvalue weighted by atomic mass is 9.94. The number of fused-ring (bicyclic) bond motifs is 1. The third kappa shape index (κ3) is 6.19. The molecule has 6 rings (SSSR count). The molecule has 1 atom stereocenters. The molecule has 3 aromatic carbocycles. The van der Waals surface area contributed by atoms with Crippen LogP contribution >= 0.6 is 0 Å². The van der Waals surface area contributed by atoms with Gasteiger partial charge in [-0.15, -0.1) is 0 Å². The maximum absolute atomic E-state index is 14.9. The molecule has 1 fully saturated rings. The fraction of sp³-hybridized carbons (Fsp3) is 0.200. The molecule has 4 N–H and O–H groups in total. The van der Waals surface area contributed by atoms with Crippen LogP contribution < -0.4 is 15.8 Å². The zero-order valence-corrected chi connectivity index (χ0v) is 22.1. The maximum Gasteiger partial charge on any atom is 0.410 e. The van der Waals surface area contributed by atoms with E-state index in [1.54, 1.807) is 41.4 Å². The number of aromatic amines is 1. The molecule has 0 aliphatic carbocycles. The number of nitrogens with zero attached hydrogens (tertiary/aromatic N) is 4. The van der Waals surface area contributed by atoms with Gasteiger partial charge < -0.3 is 25.4 Å². The number of hydrogen-bond donors (Lipinski definition) is 3. The van der Waals surface area contributed by atoms with Crippen LogP contribution in [-0.4, -0.2) is 44.2 Å². The number of likely N-dealkylation sites (tertiary alicyclic amines) is 1. The highest BCUT2D eigenvalue weighted by Crippen LogP contribution is 2.31. The number of piperidine rings is 1. The highest BCUT2D eigenvalue weighted by Gasteiger charge is 2.27. The Morgan fingerprint density at radius 3 is 2.83 bits per heavy atom. The largest absolute Gasteiger partial charge is 0.454 e. The van der Waals surface area contributed by atoms with Gasteiger partial charge in [0.15, 0.2) is 11.6 Å². The predicted octanol–water partition coefficient (Wildman–Crippen LogP) is 6.13. The van der Waals surface area contributed by atoms with Gasteiger partial charge >= 0.3 is 6.09 Å². The number of amides is 1. The summed E-state index contributed by atoms with van der Waals surface area (Å²) in [6.07, 6.45) is 2.96. The molecule has 1 amide bonds. The van der Waals surface area contributed by atoms with Gasteiger partial charge in [0, 0.05) is 42.2 Å². The van der Waals surface area contributed by atoms with Crippen molar-refractivity contribution in [1.29, 1.82) is 0 Å². The zero-order valence-electron chi connectivity index (χ0n) is 22.1. The number of carbonyl (C=O) groups is 1. The second-order valence-electron chi connectivity index (χ2n) is 9.85. The molecule has 3 heterocycles. The Bertz CT molecular complexity index is 1680. The molecular formula is C30H28FN7O3. The maximum atomic E-state index is 14.9. The van der Waals surface area contributed by atoms with Crippen molar-refractivity contribution in [3.05, 3.63) is 96.1 Å². The monoisotopic (exact) mass is 553 g/mol. The first-order valence-electron chi connectivity index (χ1n) is 13.3. The molecule has 1 aliphatic rings. The van der Waals surface area contributed by atoms with Crippen LogP contribution in [0.4, 0.5) is 26.6 Å². The summed E-state index contributed by atoms with van der Waals surface area (Å²) in [4.78, 5) is 23.1. The van der Waals surface area contributed by atoms with Crippen LogP contribution in [0, 0.1) is 5.82 Å². The Morgan fingerprint density at radius 1 is 1.10 bits per heavy atom. The van der Waals surface area contributed by atoms with E-state index in [1.807, 2.05) is 36.4 Å². The number of aromatic nitrogens is 4. The fourth-order valence-electron chi connectivity index (χ4n) is 4.87. The average Bonchev–Trinajstić information content (AvgIpc) is 3.46. The van der Waals surface area contributed by atoms with Crippen molar-refractivity contribution < 1.29 is 18.7 Å². The van der Waals surface area contributed by atoms with Crippen molar-refractivity contribution in [3.63, 3.8) is 0 Å². The molecule has 10 nitrogen and oxygen atoms in total. The highest BCUT2D eigenvalue weighted by molar-refractivity contribution is 5.79. The molecule has 1 unspecified atom stereocenters. The van der Waals surface area contributed by atoms with Crippen molar-refractivity contribution >= 4 is 34.4 Å². The second kappa shape index (κ2) is 11.5. The number of halogens is 1. The second-order valence-corrected chi connectivity index (χ2v) is 9.85. The Morgan fingerprint density at radius 2 is 1.98 bits per heavy atom. The Balaban J connectivity index is 1.11. The molecule has 0 bridgehead atoms. The van der Waals surface area contributed by atoms with Crippen molar-refractivity contribution in [2.24, 2.45) is 0 Å². The van der Waals surface area contributed by atoms with Crippen LogP contribution in [0.25, 0.3) is 10.9 Å². The lowest BCUT2D eigenvalue weighted by Crippen LogP contribution is -2.39. The molecule has 0 saturated carbocycles. The topological polar surface area (TPSA) is 131 Å². The van der Waals surface area contributed by atoms with Crippen LogP contribution in [0.2, 0.25) is 0 Å². The first-order valence-corrected chi connectivity index (χ1v) is 13.3. The minimum absolute atomic E-state index is 0.0426. The number of H-pyrrole nitrogens is 1. The van der Waals surface area contributed by atoms with E-state index in [1.165, 1.54) is 6.07 Å². The number of ether oxygens (including phenoxy) is 2. The van der Waals surface area contributed by atoms with Gasteiger partial charge in [0.2, 0.25) is 5.95 Å². The van der Waals surface area contributed by atoms with Gasteiger partial charge in [-0.2, -0.15) is 10.1 Å². The van der Waals surface area contributed by atoms with Crippen molar-refractivity contribution in [1.82, 2.24) is 25.1 Å². The third-order valence-corrected chi connectivity index (χ3v) is 6.91. The molecule has 41 heavy (non-hydrogen) atoms. The molecular weight excluding hydrogens is 525 g/mol. The molecule has 1 aliphatic heterocycles. The molecule has 0 radical (unpaired) electrons. The minimum atomic E-state index is -0.540. The van der Waals surface area contributed by atoms with Gasteiger partial charge in [-0.05, 0) is 48.7 Å². The Labute approximate surface area is 235 Å². The number of hydrogen-bond acceptors (Lipinski definition) is 8. The Hall–Kier alpha value is -5.19. The van der Waals surface area contributed by atoms with E-state index >= 15 is 0 Å². The van der Waals surface area contributed by atoms with Gasteiger partial charge in [-0.25, -0.2) is 14.2 Å². The van der Waals surface area contributed by atoms with Gasteiger partial charge in [0.25, 0.3) is 0 Å². The summed E-state index contributed by atoms with van der Waals surface area (Å²) in [5.41, 5.74) is 9.00. The van der Waals surface area contributed by atoms with Gasteiger partial charge in [-0.3, -0.25) is 5.10 Å². The van der Waals surface area contributed by atoms with Gasteiger partial charge in [-0.1, -0.05) is 30.3 Å². The summed E-state index contributed by atoms with van der Waals surface area (Å²) >= 11 is 0. The van der Waals surface area contributed by atoms with Crippen LogP contribution in [0.1, 0.15) is 30.0 Å². The molecule has 2 aromatic heterocycles. The fourth-order valence-corrected chi connectivity index (χ4v) is 4.87. The smallest absolute Gasteiger partial charge is 0.410 e. The predicted molar refractivity (Wildman–Crippen MR) is 152 cm³/mol. The van der Waals surface area contributed by atoms with Crippen LogP contribution in [-0.2, 0) is 11.3 Å². The third-order valence-electron chi connectivity index (χ3n) is 6.91. The van der Waals surface area contributed by atoms with Crippen molar-refractivity contribution in [2.45, 2.75) is 25.4 Å². The number of benzene rings is 3. The Kier molecular flexibility index (Phi) is 7.31. The first-order chi connectivity index (χ1) is 20.0. The average molecular weight is 554 g/mol. The summed E-state index contributed by atoms with van der Waals surface area (Å²) in [5.74, 6) is 0.513. The normalized spacial score (nSPS) is 15.0. The van der Waals surface area contributed by atoms with E-state index in [-0.39, 0.29) is 30.3 Å². The molecule has 1 saturated heterocycles. The number of nitrogens with two attached hydrogens (primary N) is 1. The molecule has 5 aromatic rings. The SMILES string of the molecule is Nc1nc(Nc2ccc(Oc3ccc4[nH]ncc4c3)c(F)c2)cc(C2CCCN(C(=O)OCc3ccccc3)C2)n1. The number of nitrogens with one attached hydrogen (secondary N) is 2. The summed E-state index contributed by atoms with van der Waals surface area (Å²) in [5, 5.41) is 10.8. The van der Waals surface area contributed by atoms with Crippen molar-refractivity contribution in [3.8, 4) is 11.5 Å². The standard InChI is InChI=1S/C30H28FN7O3/c31-24-14-22(8-11-27(24)41-23-9-10-25-21(13-23)16-33-37-25)34-28-15-26(35-29(32)36-28)20-7-4-12-38(17-20)30(39)40-18-19-5-2-1-3-6-19/h1-3,5-6,8-11,13-16,20H,4,7,12,17-18H2,(H,33,37)(H3,32,34,35,36). The van der Waals surface area contributed by atoms with E-state index in [0.717, 1.165) is 29.3 Å². The van der Waals surface area contributed by atoms with Crippen LogP contribution in [0.3, 0.4) is 0 Å². The van der Waals surface area contributed by atoms with E-state index in [9.17, 15) is 9.18 Å². The van der Waals surface area contributed by atoms with Crippen LogP contribution in [0.5, 0.6) is 11.5 Å². The van der Waals surface area contributed by atoms with E-state index in [0.29, 0.717) is 36.0 Å². The first kappa shape index (κ1) is 26.1. The molecule has 11 heteroatoms. The van der Waals surface area contributed by atoms with Gasteiger partial charge in [0.1, 0.15) is 18.2 Å². The lowest BCUT2D eigenvalue weighted by Gasteiger charge is -2.32. The summed E-state index contributed by atoms with van der Waals surface area (Å²) in [6, 6.07) is 21.3. The zero-order chi connectivity index (χ0) is 28.2. The summed E-state index contributed by atoms with van der Waals surface area (Å²) in [7, 11) is 0. The number of nitrogen functional groups attached to an aromatic ring is 1. The summed E-state index contributed by atoms with van der Waals surface area (Å²) in [6.45, 7) is 1.28. The van der Waals surface area contributed by atoms with Crippen LogP contribution in [0.15, 0.2) is 79.0 Å². The summed E-state index contributed by atoms with van der Waals surface area (Å²) < 4.78 is 26.2. The molecule has 0 spiro atoms.